The van der Waals surface area contributed by atoms with E-state index >= 15 is 0 Å². The fourth-order valence-electron chi connectivity index (χ4n) is 4.21. The number of aromatic amines is 1. The molecule has 1 aliphatic heterocycles. The number of benzene rings is 1. The zero-order valence-electron chi connectivity index (χ0n) is 17.0. The van der Waals surface area contributed by atoms with E-state index in [4.69, 9.17) is 11.6 Å². The molecule has 0 radical (unpaired) electrons. The third-order valence-corrected chi connectivity index (χ3v) is 6.16. The lowest BCUT2D eigenvalue weighted by atomic mass is 9.93. The number of anilines is 1. The molecule has 0 unspecified atom stereocenters. The van der Waals surface area contributed by atoms with Gasteiger partial charge in [-0.1, -0.05) is 23.7 Å². The SMILES string of the molecule is Cc1c(C(=O)N2CCN(CC(=O)Nc3ccccc3Cl)CC2)[nH]c2c1C(=O)CCC2. The van der Waals surface area contributed by atoms with E-state index in [0.29, 0.717) is 54.6 Å². The Balaban J connectivity index is 1.33. The molecule has 0 bridgehead atoms. The summed E-state index contributed by atoms with van der Waals surface area (Å²) in [6.07, 6.45) is 2.19. The van der Waals surface area contributed by atoms with E-state index in [-0.39, 0.29) is 24.1 Å². The van der Waals surface area contributed by atoms with Crippen molar-refractivity contribution in [3.63, 3.8) is 0 Å². The second kappa shape index (κ2) is 8.62. The van der Waals surface area contributed by atoms with Crippen molar-refractivity contribution in [2.45, 2.75) is 26.2 Å². The Labute approximate surface area is 180 Å². The Morgan fingerprint density at radius 1 is 1.13 bits per heavy atom. The van der Waals surface area contributed by atoms with Crippen LogP contribution in [0.5, 0.6) is 0 Å². The van der Waals surface area contributed by atoms with E-state index in [2.05, 4.69) is 10.3 Å². The Hall–Kier alpha value is -2.64. The van der Waals surface area contributed by atoms with Crippen molar-refractivity contribution in [1.29, 1.82) is 0 Å². The van der Waals surface area contributed by atoms with Gasteiger partial charge in [-0.2, -0.15) is 0 Å². The van der Waals surface area contributed by atoms with Gasteiger partial charge in [-0.05, 0) is 37.5 Å². The number of aryl methyl sites for hydroxylation is 1. The van der Waals surface area contributed by atoms with Gasteiger partial charge < -0.3 is 15.2 Å². The van der Waals surface area contributed by atoms with Crippen LogP contribution in [0.3, 0.4) is 0 Å². The minimum Gasteiger partial charge on any atom is -0.354 e. The number of hydrogen-bond donors (Lipinski definition) is 2. The largest absolute Gasteiger partial charge is 0.354 e. The van der Waals surface area contributed by atoms with E-state index in [9.17, 15) is 14.4 Å². The number of piperazine rings is 1. The molecule has 1 aromatic carbocycles. The highest BCUT2D eigenvalue weighted by Crippen LogP contribution is 2.27. The van der Waals surface area contributed by atoms with Gasteiger partial charge in [-0.15, -0.1) is 0 Å². The molecule has 30 heavy (non-hydrogen) atoms. The number of nitrogens with one attached hydrogen (secondary N) is 2. The summed E-state index contributed by atoms with van der Waals surface area (Å²) in [4.78, 5) is 44.6. The van der Waals surface area contributed by atoms with Crippen LogP contribution in [-0.2, 0) is 11.2 Å². The molecule has 1 fully saturated rings. The highest BCUT2D eigenvalue weighted by atomic mass is 35.5. The maximum Gasteiger partial charge on any atom is 0.270 e. The predicted octanol–water partition coefficient (Wildman–Crippen LogP) is 2.89. The number of fused-ring (bicyclic) bond motifs is 1. The number of hydrogen-bond acceptors (Lipinski definition) is 4. The van der Waals surface area contributed by atoms with Crippen LogP contribution in [-0.4, -0.2) is 65.1 Å². The van der Waals surface area contributed by atoms with Gasteiger partial charge in [0.1, 0.15) is 5.69 Å². The average Bonchev–Trinajstić information content (AvgIpc) is 3.07. The topological polar surface area (TPSA) is 85.5 Å². The second-order valence-corrected chi connectivity index (χ2v) is 8.26. The van der Waals surface area contributed by atoms with Gasteiger partial charge in [0.25, 0.3) is 5.91 Å². The highest BCUT2D eigenvalue weighted by molar-refractivity contribution is 6.33. The van der Waals surface area contributed by atoms with Crippen LogP contribution < -0.4 is 5.32 Å². The Kier molecular flexibility index (Phi) is 5.92. The van der Waals surface area contributed by atoms with Gasteiger partial charge >= 0.3 is 0 Å². The third kappa shape index (κ3) is 4.13. The van der Waals surface area contributed by atoms with E-state index in [0.717, 1.165) is 24.1 Å². The summed E-state index contributed by atoms with van der Waals surface area (Å²) in [7, 11) is 0. The minimum absolute atomic E-state index is 0.0742. The van der Waals surface area contributed by atoms with Crippen LogP contribution in [0.25, 0.3) is 0 Å². The smallest absolute Gasteiger partial charge is 0.270 e. The monoisotopic (exact) mass is 428 g/mol. The first-order valence-electron chi connectivity index (χ1n) is 10.2. The van der Waals surface area contributed by atoms with E-state index < -0.39 is 0 Å². The molecule has 2 heterocycles. The number of carbonyl (C=O) groups excluding carboxylic acids is 3. The number of carbonyl (C=O) groups is 3. The molecule has 158 valence electrons. The molecule has 1 saturated heterocycles. The van der Waals surface area contributed by atoms with Gasteiger partial charge in [-0.3, -0.25) is 19.3 Å². The number of ketones is 1. The number of rotatable bonds is 4. The fraction of sp³-hybridized carbons (Fsp3) is 0.409. The van der Waals surface area contributed by atoms with Crippen molar-refractivity contribution in [3.8, 4) is 0 Å². The van der Waals surface area contributed by atoms with Crippen LogP contribution in [0.2, 0.25) is 5.02 Å². The molecule has 4 rings (SSSR count). The van der Waals surface area contributed by atoms with Gasteiger partial charge in [0.2, 0.25) is 5.91 Å². The summed E-state index contributed by atoms with van der Waals surface area (Å²) in [6, 6.07) is 7.13. The molecule has 7 nitrogen and oxygen atoms in total. The predicted molar refractivity (Wildman–Crippen MR) is 115 cm³/mol. The lowest BCUT2D eigenvalue weighted by molar-refractivity contribution is -0.117. The molecule has 1 aliphatic carbocycles. The second-order valence-electron chi connectivity index (χ2n) is 7.85. The van der Waals surface area contributed by atoms with Gasteiger partial charge in [0, 0.05) is 43.9 Å². The van der Waals surface area contributed by atoms with Crippen LogP contribution in [0.4, 0.5) is 5.69 Å². The number of H-pyrrole nitrogens is 1. The lowest BCUT2D eigenvalue weighted by Crippen LogP contribution is -2.50. The summed E-state index contributed by atoms with van der Waals surface area (Å²) >= 11 is 6.09. The normalized spacial score (nSPS) is 17.0. The Bertz CT molecular complexity index is 992. The maximum atomic E-state index is 13.0. The fourth-order valence-corrected chi connectivity index (χ4v) is 4.39. The number of aromatic nitrogens is 1. The molecule has 0 atom stereocenters. The van der Waals surface area contributed by atoms with Crippen molar-refractivity contribution in [1.82, 2.24) is 14.8 Å². The molecule has 2 aromatic rings. The van der Waals surface area contributed by atoms with Crippen LogP contribution in [0.1, 0.15) is 44.9 Å². The molecular formula is C22H25ClN4O3. The van der Waals surface area contributed by atoms with Crippen molar-refractivity contribution in [2.75, 3.05) is 38.0 Å². The Morgan fingerprint density at radius 2 is 1.87 bits per heavy atom. The summed E-state index contributed by atoms with van der Waals surface area (Å²) in [5, 5.41) is 3.33. The van der Waals surface area contributed by atoms with E-state index in [1.54, 1.807) is 17.0 Å². The standard InChI is InChI=1S/C22H25ClN4O3/c1-14-20-17(7-4-8-18(20)28)25-21(14)22(30)27-11-9-26(10-12-27)13-19(29)24-16-6-3-2-5-15(16)23/h2-3,5-6,25H,4,7-13H2,1H3,(H,24,29). The molecule has 0 spiro atoms. The van der Waals surface area contributed by atoms with Crippen molar-refractivity contribution < 1.29 is 14.4 Å². The van der Waals surface area contributed by atoms with Crippen LogP contribution in [0.15, 0.2) is 24.3 Å². The minimum atomic E-state index is -0.130. The lowest BCUT2D eigenvalue weighted by Gasteiger charge is -2.34. The molecule has 2 N–H and O–H groups in total. The molecule has 2 aliphatic rings. The number of nitrogens with zero attached hydrogens (tertiary/aromatic N) is 2. The van der Waals surface area contributed by atoms with Crippen molar-refractivity contribution in [3.05, 3.63) is 51.8 Å². The number of Topliss-reactive ketones (excluding diaryl/α,β-unsaturated/α-hetero) is 1. The third-order valence-electron chi connectivity index (χ3n) is 5.83. The first-order chi connectivity index (χ1) is 14.4. The van der Waals surface area contributed by atoms with Crippen LogP contribution >= 0.6 is 11.6 Å². The summed E-state index contributed by atoms with van der Waals surface area (Å²) in [5.74, 6) is -0.0810. The number of halogens is 1. The maximum absolute atomic E-state index is 13.0. The Morgan fingerprint density at radius 3 is 2.57 bits per heavy atom. The first-order valence-corrected chi connectivity index (χ1v) is 10.6. The van der Waals surface area contributed by atoms with Crippen molar-refractivity contribution in [2.24, 2.45) is 0 Å². The zero-order chi connectivity index (χ0) is 21.3. The molecule has 8 heteroatoms. The first kappa shape index (κ1) is 20.6. The quantitative estimate of drug-likeness (QED) is 0.784. The summed E-state index contributed by atoms with van der Waals surface area (Å²) in [6.45, 7) is 4.39. The summed E-state index contributed by atoms with van der Waals surface area (Å²) < 4.78 is 0. The van der Waals surface area contributed by atoms with Crippen LogP contribution in [0, 0.1) is 6.92 Å². The molecule has 2 amide bonds. The van der Waals surface area contributed by atoms with E-state index in [1.165, 1.54) is 0 Å². The van der Waals surface area contributed by atoms with E-state index in [1.807, 2.05) is 24.0 Å². The van der Waals surface area contributed by atoms with Gasteiger partial charge in [-0.25, -0.2) is 0 Å². The molecular weight excluding hydrogens is 404 g/mol. The molecule has 0 saturated carbocycles. The van der Waals surface area contributed by atoms with Crippen molar-refractivity contribution >= 4 is 34.9 Å². The van der Waals surface area contributed by atoms with Gasteiger partial charge in [0.15, 0.2) is 5.78 Å². The zero-order valence-corrected chi connectivity index (χ0v) is 17.7. The molecule has 1 aromatic heterocycles. The number of amides is 2. The summed E-state index contributed by atoms with van der Waals surface area (Å²) in [5.41, 5.74) is 3.49. The van der Waals surface area contributed by atoms with Gasteiger partial charge in [0.05, 0.1) is 17.3 Å². The highest BCUT2D eigenvalue weighted by Gasteiger charge is 2.30. The number of para-hydroxylation sites is 1. The average molecular weight is 429 g/mol.